The first-order chi connectivity index (χ1) is 9.52. The van der Waals surface area contributed by atoms with Crippen LogP contribution in [0.1, 0.15) is 48.7 Å². The van der Waals surface area contributed by atoms with Crippen LogP contribution in [0.4, 0.5) is 0 Å². The van der Waals surface area contributed by atoms with Gasteiger partial charge >= 0.3 is 0 Å². The Hall–Kier alpha value is -2.11. The van der Waals surface area contributed by atoms with E-state index in [0.29, 0.717) is 24.7 Å². The molecule has 0 radical (unpaired) electrons. The summed E-state index contributed by atoms with van der Waals surface area (Å²) in [5, 5.41) is 4.47. The number of aromatic nitrogens is 4. The van der Waals surface area contributed by atoms with E-state index in [1.165, 1.54) is 0 Å². The van der Waals surface area contributed by atoms with E-state index in [0.717, 1.165) is 11.5 Å². The summed E-state index contributed by atoms with van der Waals surface area (Å²) in [5.41, 5.74) is 1.58. The summed E-state index contributed by atoms with van der Waals surface area (Å²) in [6, 6.07) is 1.88. The molecule has 0 aromatic carbocycles. The van der Waals surface area contributed by atoms with Crippen LogP contribution in [-0.2, 0) is 13.1 Å². The topological polar surface area (TPSA) is 66.8 Å². The highest BCUT2D eigenvalue weighted by Gasteiger charge is 2.20. The third-order valence-corrected chi connectivity index (χ3v) is 3.20. The molecular formula is C14H21N5O. The average Bonchev–Trinajstić information content (AvgIpc) is 3.06. The number of imidazole rings is 1. The standard InChI is InChI=1S/C14H21N5O/c1-5-19-12(8-11(17-19)10(2)3)14(20)18(4)9-13-15-6-7-16-13/h6-8,10H,5,9H2,1-4H3,(H,15,16). The van der Waals surface area contributed by atoms with Crippen molar-refractivity contribution in [1.29, 1.82) is 0 Å². The van der Waals surface area contributed by atoms with Crippen molar-refractivity contribution in [3.8, 4) is 0 Å². The third kappa shape index (κ3) is 2.89. The molecule has 2 aromatic heterocycles. The minimum atomic E-state index is -0.0392. The Morgan fingerprint density at radius 3 is 2.80 bits per heavy atom. The number of carbonyl (C=O) groups excluding carboxylic acids is 1. The number of hydrogen-bond donors (Lipinski definition) is 1. The number of rotatable bonds is 5. The number of amides is 1. The van der Waals surface area contributed by atoms with Gasteiger partial charge in [0.05, 0.1) is 12.2 Å². The highest BCUT2D eigenvalue weighted by molar-refractivity contribution is 5.92. The van der Waals surface area contributed by atoms with Gasteiger partial charge in [-0.25, -0.2) is 4.98 Å². The molecule has 0 saturated carbocycles. The van der Waals surface area contributed by atoms with E-state index in [2.05, 4.69) is 28.9 Å². The van der Waals surface area contributed by atoms with Gasteiger partial charge in [-0.05, 0) is 18.9 Å². The van der Waals surface area contributed by atoms with Crippen molar-refractivity contribution in [3.63, 3.8) is 0 Å². The Morgan fingerprint density at radius 1 is 1.50 bits per heavy atom. The van der Waals surface area contributed by atoms with E-state index in [-0.39, 0.29) is 5.91 Å². The first-order valence-corrected chi connectivity index (χ1v) is 6.84. The Balaban J connectivity index is 2.19. The van der Waals surface area contributed by atoms with Crippen LogP contribution >= 0.6 is 0 Å². The van der Waals surface area contributed by atoms with Crippen molar-refractivity contribution in [2.75, 3.05) is 7.05 Å². The largest absolute Gasteiger partial charge is 0.347 e. The van der Waals surface area contributed by atoms with Crippen molar-refractivity contribution in [2.24, 2.45) is 0 Å². The molecule has 2 aromatic rings. The predicted molar refractivity (Wildman–Crippen MR) is 76.4 cm³/mol. The van der Waals surface area contributed by atoms with Crippen molar-refractivity contribution in [3.05, 3.63) is 35.7 Å². The van der Waals surface area contributed by atoms with Crippen molar-refractivity contribution in [1.82, 2.24) is 24.6 Å². The third-order valence-electron chi connectivity index (χ3n) is 3.20. The van der Waals surface area contributed by atoms with Gasteiger partial charge in [-0.3, -0.25) is 9.48 Å². The van der Waals surface area contributed by atoms with Gasteiger partial charge in [-0.2, -0.15) is 5.10 Å². The predicted octanol–water partition coefficient (Wildman–Crippen LogP) is 2.02. The molecule has 0 aliphatic rings. The highest BCUT2D eigenvalue weighted by atomic mass is 16.2. The number of nitrogens with one attached hydrogen (secondary N) is 1. The summed E-state index contributed by atoms with van der Waals surface area (Å²) in [6.07, 6.45) is 3.43. The maximum Gasteiger partial charge on any atom is 0.272 e. The molecule has 2 heterocycles. The maximum absolute atomic E-state index is 12.5. The molecule has 0 unspecified atom stereocenters. The zero-order valence-electron chi connectivity index (χ0n) is 12.4. The minimum absolute atomic E-state index is 0.0392. The molecule has 1 N–H and O–H groups in total. The summed E-state index contributed by atoms with van der Waals surface area (Å²) >= 11 is 0. The molecule has 0 aliphatic heterocycles. The molecule has 0 spiro atoms. The lowest BCUT2D eigenvalue weighted by Crippen LogP contribution is -2.28. The van der Waals surface area contributed by atoms with Crippen LogP contribution < -0.4 is 0 Å². The molecule has 6 heteroatoms. The smallest absolute Gasteiger partial charge is 0.272 e. The first kappa shape index (κ1) is 14.3. The Kier molecular flexibility index (Phi) is 4.22. The van der Waals surface area contributed by atoms with Gasteiger partial charge in [0.15, 0.2) is 0 Å². The van der Waals surface area contributed by atoms with Gasteiger partial charge in [0.1, 0.15) is 11.5 Å². The number of carbonyl (C=O) groups is 1. The lowest BCUT2D eigenvalue weighted by Gasteiger charge is -2.16. The minimum Gasteiger partial charge on any atom is -0.347 e. The van der Waals surface area contributed by atoms with E-state index in [4.69, 9.17) is 0 Å². The molecule has 0 aliphatic carbocycles. The second kappa shape index (κ2) is 5.90. The molecule has 2 rings (SSSR count). The number of aryl methyl sites for hydroxylation is 1. The van der Waals surface area contributed by atoms with E-state index >= 15 is 0 Å². The average molecular weight is 275 g/mol. The van der Waals surface area contributed by atoms with Gasteiger partial charge in [-0.1, -0.05) is 13.8 Å². The summed E-state index contributed by atoms with van der Waals surface area (Å²) in [6.45, 7) is 7.27. The summed E-state index contributed by atoms with van der Waals surface area (Å²) in [4.78, 5) is 21.3. The van der Waals surface area contributed by atoms with Crippen molar-refractivity contribution in [2.45, 2.75) is 39.8 Å². The molecule has 0 bridgehead atoms. The SMILES string of the molecule is CCn1nc(C(C)C)cc1C(=O)N(C)Cc1ncc[nH]1. The van der Waals surface area contributed by atoms with Crippen LogP contribution in [-0.4, -0.2) is 37.6 Å². The van der Waals surface area contributed by atoms with Gasteiger partial charge in [-0.15, -0.1) is 0 Å². The van der Waals surface area contributed by atoms with E-state index < -0.39 is 0 Å². The quantitative estimate of drug-likeness (QED) is 0.907. The lowest BCUT2D eigenvalue weighted by molar-refractivity contribution is 0.0769. The molecule has 0 atom stereocenters. The molecule has 1 amide bonds. The number of hydrogen-bond acceptors (Lipinski definition) is 3. The van der Waals surface area contributed by atoms with Crippen LogP contribution in [0.3, 0.4) is 0 Å². The zero-order chi connectivity index (χ0) is 14.7. The molecular weight excluding hydrogens is 254 g/mol. The van der Waals surface area contributed by atoms with E-state index in [1.807, 2.05) is 13.0 Å². The van der Waals surface area contributed by atoms with Crippen LogP contribution in [0.5, 0.6) is 0 Å². The maximum atomic E-state index is 12.5. The fourth-order valence-electron chi connectivity index (χ4n) is 2.01. The second-order valence-electron chi connectivity index (χ2n) is 5.12. The Labute approximate surface area is 118 Å². The normalized spacial score (nSPS) is 11.1. The van der Waals surface area contributed by atoms with Gasteiger partial charge < -0.3 is 9.88 Å². The summed E-state index contributed by atoms with van der Waals surface area (Å²) < 4.78 is 1.76. The van der Waals surface area contributed by atoms with Gasteiger partial charge in [0.25, 0.3) is 5.91 Å². The summed E-state index contributed by atoms with van der Waals surface area (Å²) in [5.74, 6) is 1.04. The second-order valence-corrected chi connectivity index (χ2v) is 5.12. The van der Waals surface area contributed by atoms with Crippen LogP contribution in [0.25, 0.3) is 0 Å². The number of aromatic amines is 1. The lowest BCUT2D eigenvalue weighted by atomic mass is 10.1. The van der Waals surface area contributed by atoms with Crippen molar-refractivity contribution < 1.29 is 4.79 Å². The monoisotopic (exact) mass is 275 g/mol. The fraction of sp³-hybridized carbons (Fsp3) is 0.500. The van der Waals surface area contributed by atoms with E-state index in [9.17, 15) is 4.79 Å². The molecule has 6 nitrogen and oxygen atoms in total. The molecule has 0 fully saturated rings. The fourth-order valence-corrected chi connectivity index (χ4v) is 2.01. The number of H-pyrrole nitrogens is 1. The van der Waals surface area contributed by atoms with Crippen LogP contribution in [0, 0.1) is 0 Å². The molecule has 20 heavy (non-hydrogen) atoms. The van der Waals surface area contributed by atoms with Crippen LogP contribution in [0.2, 0.25) is 0 Å². The zero-order valence-corrected chi connectivity index (χ0v) is 12.4. The van der Waals surface area contributed by atoms with E-state index in [1.54, 1.807) is 29.0 Å². The Morgan fingerprint density at radius 2 is 2.25 bits per heavy atom. The Bertz CT molecular complexity index is 570. The van der Waals surface area contributed by atoms with Crippen molar-refractivity contribution >= 4 is 5.91 Å². The molecule has 0 saturated heterocycles. The summed E-state index contributed by atoms with van der Waals surface area (Å²) in [7, 11) is 1.77. The molecule has 108 valence electrons. The highest BCUT2D eigenvalue weighted by Crippen LogP contribution is 2.16. The first-order valence-electron chi connectivity index (χ1n) is 6.84. The van der Waals surface area contributed by atoms with Crippen LogP contribution in [0.15, 0.2) is 18.5 Å². The van der Waals surface area contributed by atoms with Gasteiger partial charge in [0, 0.05) is 26.0 Å². The van der Waals surface area contributed by atoms with Gasteiger partial charge in [0.2, 0.25) is 0 Å². The number of nitrogens with zero attached hydrogens (tertiary/aromatic N) is 4.